The predicted molar refractivity (Wildman–Crippen MR) is 83.2 cm³/mol. The maximum atomic E-state index is 11.8. The van der Waals surface area contributed by atoms with Gasteiger partial charge in [0.25, 0.3) is 5.91 Å². The lowest BCUT2D eigenvalue weighted by Crippen LogP contribution is -2.43. The summed E-state index contributed by atoms with van der Waals surface area (Å²) in [7, 11) is 0. The number of benzene rings is 1. The van der Waals surface area contributed by atoms with Gasteiger partial charge in [-0.1, -0.05) is 23.2 Å². The highest BCUT2D eigenvalue weighted by Crippen LogP contribution is 2.22. The van der Waals surface area contributed by atoms with Crippen LogP contribution in [0.5, 0.6) is 0 Å². The van der Waals surface area contributed by atoms with Crippen molar-refractivity contribution < 1.29 is 19.5 Å². The molecular weight excluding hydrogens is 331 g/mol. The lowest BCUT2D eigenvalue weighted by atomic mass is 9.94. The second-order valence-corrected chi connectivity index (χ2v) is 6.09. The van der Waals surface area contributed by atoms with E-state index in [-0.39, 0.29) is 23.7 Å². The number of halogens is 2. The average molecular weight is 347 g/mol. The first-order valence-corrected chi connectivity index (χ1v) is 7.12. The molecule has 0 aliphatic rings. The molecule has 0 atom stereocenters. The van der Waals surface area contributed by atoms with Crippen molar-refractivity contribution in [2.45, 2.75) is 13.8 Å². The van der Waals surface area contributed by atoms with Gasteiger partial charge in [0.1, 0.15) is 0 Å². The molecular formula is C14H16Cl2N2O4. The summed E-state index contributed by atoms with van der Waals surface area (Å²) in [5.74, 6) is -1.98. The van der Waals surface area contributed by atoms with E-state index in [9.17, 15) is 14.4 Å². The topological polar surface area (TPSA) is 95.5 Å². The van der Waals surface area contributed by atoms with Gasteiger partial charge in [0, 0.05) is 12.1 Å². The molecule has 0 aliphatic heterocycles. The Hall–Kier alpha value is -1.79. The molecule has 22 heavy (non-hydrogen) atoms. The third-order valence-electron chi connectivity index (χ3n) is 2.90. The lowest BCUT2D eigenvalue weighted by Gasteiger charge is -2.19. The molecule has 0 unspecified atom stereocenters. The summed E-state index contributed by atoms with van der Waals surface area (Å²) in [6.45, 7) is 2.67. The summed E-state index contributed by atoms with van der Waals surface area (Å²) < 4.78 is 0. The van der Waals surface area contributed by atoms with Gasteiger partial charge in [-0.25, -0.2) is 0 Å². The Morgan fingerprint density at radius 3 is 2.32 bits per heavy atom. The molecule has 0 fully saturated rings. The standard InChI is InChI=1S/C14H16Cl2N2O4/c1-14(2,13(21)22)7-18-11(19)6-17-12(20)8-3-4-9(15)10(16)5-8/h3-5H,6-7H2,1-2H3,(H,17,20)(H,18,19)(H,21,22). The molecule has 0 aliphatic carbocycles. The number of amides is 2. The molecule has 3 N–H and O–H groups in total. The van der Waals surface area contributed by atoms with Crippen LogP contribution in [0.3, 0.4) is 0 Å². The van der Waals surface area contributed by atoms with Crippen LogP contribution in [0.15, 0.2) is 18.2 Å². The Kier molecular flexibility index (Phi) is 6.20. The highest BCUT2D eigenvalue weighted by atomic mass is 35.5. The second kappa shape index (κ2) is 7.47. The van der Waals surface area contributed by atoms with E-state index < -0.39 is 23.2 Å². The fraction of sp³-hybridized carbons (Fsp3) is 0.357. The Morgan fingerprint density at radius 1 is 1.14 bits per heavy atom. The normalized spacial score (nSPS) is 10.9. The van der Waals surface area contributed by atoms with Crippen molar-refractivity contribution in [3.63, 3.8) is 0 Å². The van der Waals surface area contributed by atoms with Gasteiger partial charge in [-0.3, -0.25) is 14.4 Å². The smallest absolute Gasteiger partial charge is 0.310 e. The van der Waals surface area contributed by atoms with Crippen LogP contribution < -0.4 is 10.6 Å². The fourth-order valence-electron chi connectivity index (χ4n) is 1.36. The summed E-state index contributed by atoms with van der Waals surface area (Å²) in [6, 6.07) is 4.36. The number of nitrogens with one attached hydrogen (secondary N) is 2. The molecule has 1 aromatic carbocycles. The number of carboxylic acid groups (broad SMARTS) is 1. The largest absolute Gasteiger partial charge is 0.481 e. The molecule has 0 radical (unpaired) electrons. The third-order valence-corrected chi connectivity index (χ3v) is 3.64. The molecule has 0 saturated heterocycles. The van der Waals surface area contributed by atoms with E-state index in [0.717, 1.165) is 0 Å². The predicted octanol–water partition coefficient (Wildman–Crippen LogP) is 1.95. The minimum atomic E-state index is -1.08. The molecule has 8 heteroatoms. The summed E-state index contributed by atoms with van der Waals surface area (Å²) in [4.78, 5) is 34.3. The van der Waals surface area contributed by atoms with Gasteiger partial charge in [-0.05, 0) is 32.0 Å². The van der Waals surface area contributed by atoms with Gasteiger partial charge in [0.15, 0.2) is 0 Å². The van der Waals surface area contributed by atoms with E-state index >= 15 is 0 Å². The lowest BCUT2D eigenvalue weighted by molar-refractivity contribution is -0.146. The zero-order valence-electron chi connectivity index (χ0n) is 12.1. The first kappa shape index (κ1) is 18.3. The second-order valence-electron chi connectivity index (χ2n) is 5.28. The number of hydrogen-bond donors (Lipinski definition) is 3. The Balaban J connectivity index is 2.48. The molecule has 120 valence electrons. The van der Waals surface area contributed by atoms with Gasteiger partial charge < -0.3 is 15.7 Å². The van der Waals surface area contributed by atoms with Crippen LogP contribution in [0, 0.1) is 5.41 Å². The van der Waals surface area contributed by atoms with Crippen molar-refractivity contribution >= 4 is 41.0 Å². The van der Waals surface area contributed by atoms with Crippen molar-refractivity contribution in [1.82, 2.24) is 10.6 Å². The van der Waals surface area contributed by atoms with Crippen LogP contribution in [0.4, 0.5) is 0 Å². The molecule has 2 amide bonds. The SMILES string of the molecule is CC(C)(CNC(=O)CNC(=O)c1ccc(Cl)c(Cl)c1)C(=O)O. The van der Waals surface area contributed by atoms with Crippen LogP contribution in [-0.2, 0) is 9.59 Å². The number of carbonyl (C=O) groups excluding carboxylic acids is 2. The number of carbonyl (C=O) groups is 3. The van der Waals surface area contributed by atoms with Gasteiger partial charge in [-0.15, -0.1) is 0 Å². The zero-order chi connectivity index (χ0) is 16.9. The Labute approximate surface area is 137 Å². The number of rotatable bonds is 6. The summed E-state index contributed by atoms with van der Waals surface area (Å²) in [6.07, 6.45) is 0. The average Bonchev–Trinajstić information content (AvgIpc) is 2.45. The fourth-order valence-corrected chi connectivity index (χ4v) is 1.66. The first-order valence-electron chi connectivity index (χ1n) is 6.37. The van der Waals surface area contributed by atoms with Crippen molar-refractivity contribution in [3.8, 4) is 0 Å². The highest BCUT2D eigenvalue weighted by molar-refractivity contribution is 6.42. The van der Waals surface area contributed by atoms with E-state index in [2.05, 4.69) is 10.6 Å². The van der Waals surface area contributed by atoms with Crippen molar-refractivity contribution in [2.24, 2.45) is 5.41 Å². The Bertz CT molecular complexity index is 603. The number of aliphatic carboxylic acids is 1. The first-order chi connectivity index (χ1) is 10.1. The minimum absolute atomic E-state index is 0.0379. The number of carboxylic acids is 1. The molecule has 6 nitrogen and oxygen atoms in total. The molecule has 1 rings (SSSR count). The maximum Gasteiger partial charge on any atom is 0.310 e. The molecule has 0 aromatic heterocycles. The number of hydrogen-bond acceptors (Lipinski definition) is 3. The molecule has 0 spiro atoms. The van der Waals surface area contributed by atoms with E-state index in [1.807, 2.05) is 0 Å². The van der Waals surface area contributed by atoms with E-state index in [1.54, 1.807) is 0 Å². The highest BCUT2D eigenvalue weighted by Gasteiger charge is 2.27. The van der Waals surface area contributed by atoms with Crippen LogP contribution >= 0.6 is 23.2 Å². The van der Waals surface area contributed by atoms with Gasteiger partial charge in [0.05, 0.1) is 22.0 Å². The maximum absolute atomic E-state index is 11.8. The van der Waals surface area contributed by atoms with E-state index in [0.29, 0.717) is 5.02 Å². The monoisotopic (exact) mass is 346 g/mol. The molecule has 0 heterocycles. The molecule has 1 aromatic rings. The quantitative estimate of drug-likeness (QED) is 0.733. The van der Waals surface area contributed by atoms with Crippen molar-refractivity contribution in [1.29, 1.82) is 0 Å². The van der Waals surface area contributed by atoms with Crippen LogP contribution in [0.1, 0.15) is 24.2 Å². The van der Waals surface area contributed by atoms with Crippen LogP contribution in [0.2, 0.25) is 10.0 Å². The zero-order valence-corrected chi connectivity index (χ0v) is 13.6. The van der Waals surface area contributed by atoms with E-state index in [1.165, 1.54) is 32.0 Å². The van der Waals surface area contributed by atoms with Crippen molar-refractivity contribution in [3.05, 3.63) is 33.8 Å². The van der Waals surface area contributed by atoms with Gasteiger partial charge in [0.2, 0.25) is 5.91 Å². The van der Waals surface area contributed by atoms with Gasteiger partial charge >= 0.3 is 5.97 Å². The summed E-state index contributed by atoms with van der Waals surface area (Å²) in [5.41, 5.74) is -0.809. The Morgan fingerprint density at radius 2 is 1.77 bits per heavy atom. The van der Waals surface area contributed by atoms with Crippen molar-refractivity contribution in [2.75, 3.05) is 13.1 Å². The van der Waals surface area contributed by atoms with Crippen LogP contribution in [-0.4, -0.2) is 36.0 Å². The third kappa shape index (κ3) is 5.20. The molecule has 0 bridgehead atoms. The summed E-state index contributed by atoms with van der Waals surface area (Å²) in [5, 5.41) is 14.3. The summed E-state index contributed by atoms with van der Waals surface area (Å²) >= 11 is 11.5. The van der Waals surface area contributed by atoms with Crippen LogP contribution in [0.25, 0.3) is 0 Å². The van der Waals surface area contributed by atoms with Gasteiger partial charge in [-0.2, -0.15) is 0 Å². The minimum Gasteiger partial charge on any atom is -0.481 e. The van der Waals surface area contributed by atoms with E-state index in [4.69, 9.17) is 28.3 Å². The molecule has 0 saturated carbocycles.